The summed E-state index contributed by atoms with van der Waals surface area (Å²) in [6.45, 7) is 6.24. The van der Waals surface area contributed by atoms with Gasteiger partial charge in [-0.05, 0) is 25.5 Å². The number of ether oxygens (including phenoxy) is 1. The van der Waals surface area contributed by atoms with Crippen molar-refractivity contribution in [3.8, 4) is 5.75 Å². The fourth-order valence-corrected chi connectivity index (χ4v) is 4.05. The summed E-state index contributed by atoms with van der Waals surface area (Å²) in [4.78, 5) is 41.1. The summed E-state index contributed by atoms with van der Waals surface area (Å²) < 4.78 is 14.1. The van der Waals surface area contributed by atoms with Crippen LogP contribution in [-0.4, -0.2) is 53.4 Å². The first-order valence-corrected chi connectivity index (χ1v) is 10.7. The number of rotatable bonds is 6. The van der Waals surface area contributed by atoms with Gasteiger partial charge in [-0.15, -0.1) is 0 Å². The number of aryl methyl sites for hydroxylation is 1. The fraction of sp³-hybridized carbons (Fsp3) is 0.435. The molecule has 1 aliphatic rings. The van der Waals surface area contributed by atoms with Crippen LogP contribution in [0.4, 0.5) is 5.82 Å². The van der Waals surface area contributed by atoms with Gasteiger partial charge in [0.05, 0.1) is 12.9 Å². The molecule has 1 aliphatic heterocycles. The van der Waals surface area contributed by atoms with Crippen LogP contribution in [-0.2, 0) is 14.1 Å². The van der Waals surface area contributed by atoms with Gasteiger partial charge in [-0.2, -0.15) is 0 Å². The number of piperazine rings is 1. The third kappa shape index (κ3) is 4.20. The Kier molecular flexibility index (Phi) is 6.18. The second-order valence-electron chi connectivity index (χ2n) is 8.15. The Morgan fingerprint density at radius 1 is 1.03 bits per heavy atom. The number of hydrogen-bond acceptors (Lipinski definition) is 7. The lowest BCUT2D eigenvalue weighted by atomic mass is 10.1. The van der Waals surface area contributed by atoms with E-state index < -0.39 is 0 Å². The first-order chi connectivity index (χ1) is 15.4. The topological polar surface area (TPSA) is 89.9 Å². The molecule has 4 rings (SSSR count). The summed E-state index contributed by atoms with van der Waals surface area (Å²) in [5, 5.41) is 0.487. The number of hydrogen-bond donors (Lipinski definition) is 0. The molecule has 32 heavy (non-hydrogen) atoms. The van der Waals surface area contributed by atoms with Crippen LogP contribution in [0, 0.1) is 6.92 Å². The molecule has 0 atom stereocenters. The molecular formula is C23H28N4O5. The van der Waals surface area contributed by atoms with E-state index in [1.165, 1.54) is 23.9 Å². The Morgan fingerprint density at radius 2 is 1.78 bits per heavy atom. The summed E-state index contributed by atoms with van der Waals surface area (Å²) >= 11 is 0. The Labute approximate surface area is 185 Å². The molecule has 0 bridgehead atoms. The van der Waals surface area contributed by atoms with Crippen LogP contribution in [0.15, 0.2) is 49.3 Å². The quantitative estimate of drug-likeness (QED) is 0.530. The van der Waals surface area contributed by atoms with E-state index in [0.717, 1.165) is 43.7 Å². The van der Waals surface area contributed by atoms with Crippen molar-refractivity contribution >= 4 is 16.8 Å². The lowest BCUT2D eigenvalue weighted by Gasteiger charge is -2.36. The van der Waals surface area contributed by atoms with Gasteiger partial charge in [-0.1, -0.05) is 6.07 Å². The minimum atomic E-state index is -0.315. The SMILES string of the molecule is Cc1coc2cccc(OCCCN3CCN(c4cc(=O)n(C)c(=O)n4C)CC3)c2c1=O. The second-order valence-corrected chi connectivity index (χ2v) is 8.15. The van der Waals surface area contributed by atoms with Crippen molar-refractivity contribution in [2.24, 2.45) is 14.1 Å². The summed E-state index contributed by atoms with van der Waals surface area (Å²) in [7, 11) is 3.18. The molecule has 3 heterocycles. The van der Waals surface area contributed by atoms with Crippen LogP contribution >= 0.6 is 0 Å². The van der Waals surface area contributed by atoms with Gasteiger partial charge in [0.15, 0.2) is 5.43 Å². The fourth-order valence-electron chi connectivity index (χ4n) is 4.05. The summed E-state index contributed by atoms with van der Waals surface area (Å²) in [5.74, 6) is 1.21. The van der Waals surface area contributed by atoms with Crippen LogP contribution in [0.5, 0.6) is 5.75 Å². The van der Waals surface area contributed by atoms with Crippen LogP contribution in [0.3, 0.4) is 0 Å². The van der Waals surface area contributed by atoms with Crippen LogP contribution in [0.25, 0.3) is 11.0 Å². The average molecular weight is 441 g/mol. The van der Waals surface area contributed by atoms with Gasteiger partial charge in [0.1, 0.15) is 22.5 Å². The number of fused-ring (bicyclic) bond motifs is 1. The lowest BCUT2D eigenvalue weighted by Crippen LogP contribution is -2.49. The zero-order chi connectivity index (χ0) is 22.8. The molecule has 0 spiro atoms. The summed E-state index contributed by atoms with van der Waals surface area (Å²) in [6, 6.07) is 6.90. The van der Waals surface area contributed by atoms with Crippen molar-refractivity contribution < 1.29 is 9.15 Å². The van der Waals surface area contributed by atoms with E-state index in [0.29, 0.717) is 34.7 Å². The first-order valence-electron chi connectivity index (χ1n) is 10.7. The minimum Gasteiger partial charge on any atom is -0.493 e. The molecule has 0 N–H and O–H groups in total. The van der Waals surface area contributed by atoms with E-state index in [2.05, 4.69) is 9.80 Å². The predicted molar refractivity (Wildman–Crippen MR) is 123 cm³/mol. The van der Waals surface area contributed by atoms with Crippen LogP contribution in [0.1, 0.15) is 12.0 Å². The second kappa shape index (κ2) is 9.04. The lowest BCUT2D eigenvalue weighted by molar-refractivity contribution is 0.224. The van der Waals surface area contributed by atoms with E-state index in [-0.39, 0.29) is 16.7 Å². The summed E-state index contributed by atoms with van der Waals surface area (Å²) in [6.07, 6.45) is 2.29. The Hall–Kier alpha value is -3.33. The molecule has 170 valence electrons. The van der Waals surface area contributed by atoms with Crippen molar-refractivity contribution in [1.29, 1.82) is 0 Å². The molecule has 1 aromatic carbocycles. The van der Waals surface area contributed by atoms with Gasteiger partial charge >= 0.3 is 5.69 Å². The Morgan fingerprint density at radius 3 is 2.53 bits per heavy atom. The van der Waals surface area contributed by atoms with Crippen molar-refractivity contribution in [1.82, 2.24) is 14.0 Å². The van der Waals surface area contributed by atoms with Gasteiger partial charge < -0.3 is 14.1 Å². The van der Waals surface area contributed by atoms with Gasteiger partial charge in [-0.25, -0.2) is 4.79 Å². The highest BCUT2D eigenvalue weighted by atomic mass is 16.5. The number of anilines is 1. The molecule has 3 aromatic rings. The van der Waals surface area contributed by atoms with E-state index in [1.54, 1.807) is 26.1 Å². The number of aromatic nitrogens is 2. The van der Waals surface area contributed by atoms with Crippen molar-refractivity contribution in [3.05, 3.63) is 67.2 Å². The Balaban J connectivity index is 1.31. The molecule has 2 aromatic heterocycles. The zero-order valence-corrected chi connectivity index (χ0v) is 18.7. The van der Waals surface area contributed by atoms with Gasteiger partial charge in [0, 0.05) is 58.4 Å². The molecule has 0 unspecified atom stereocenters. The largest absolute Gasteiger partial charge is 0.493 e. The minimum absolute atomic E-state index is 0.0666. The van der Waals surface area contributed by atoms with Crippen molar-refractivity contribution in [2.45, 2.75) is 13.3 Å². The van der Waals surface area contributed by atoms with E-state index in [4.69, 9.17) is 9.15 Å². The van der Waals surface area contributed by atoms with Crippen LogP contribution in [0.2, 0.25) is 0 Å². The molecule has 9 nitrogen and oxygen atoms in total. The third-order valence-corrected chi connectivity index (χ3v) is 6.01. The summed E-state index contributed by atoms with van der Waals surface area (Å²) in [5.41, 5.74) is 0.410. The van der Waals surface area contributed by atoms with Crippen molar-refractivity contribution in [2.75, 3.05) is 44.2 Å². The first kappa shape index (κ1) is 21.9. The smallest absolute Gasteiger partial charge is 0.332 e. The third-order valence-electron chi connectivity index (χ3n) is 6.01. The van der Waals surface area contributed by atoms with Gasteiger partial charge in [-0.3, -0.25) is 23.6 Å². The zero-order valence-electron chi connectivity index (χ0n) is 18.7. The molecule has 1 fully saturated rings. The number of nitrogens with zero attached hydrogens (tertiary/aromatic N) is 4. The molecule has 0 aliphatic carbocycles. The van der Waals surface area contributed by atoms with Crippen molar-refractivity contribution in [3.63, 3.8) is 0 Å². The maximum atomic E-state index is 12.5. The molecule has 0 saturated carbocycles. The average Bonchev–Trinajstić information content (AvgIpc) is 2.80. The molecule has 0 radical (unpaired) electrons. The molecule has 0 amide bonds. The highest BCUT2D eigenvalue weighted by Crippen LogP contribution is 2.23. The van der Waals surface area contributed by atoms with E-state index in [1.807, 2.05) is 6.07 Å². The van der Waals surface area contributed by atoms with E-state index in [9.17, 15) is 14.4 Å². The normalized spacial score (nSPS) is 14.8. The van der Waals surface area contributed by atoms with Gasteiger partial charge in [0.25, 0.3) is 5.56 Å². The highest BCUT2D eigenvalue weighted by molar-refractivity contribution is 5.83. The predicted octanol–water partition coefficient (Wildman–Crippen LogP) is 1.09. The van der Waals surface area contributed by atoms with E-state index >= 15 is 0 Å². The van der Waals surface area contributed by atoms with Gasteiger partial charge in [0.2, 0.25) is 0 Å². The maximum Gasteiger partial charge on any atom is 0.332 e. The molecule has 1 saturated heterocycles. The highest BCUT2D eigenvalue weighted by Gasteiger charge is 2.20. The maximum absolute atomic E-state index is 12.5. The Bertz CT molecular complexity index is 1300. The van der Waals surface area contributed by atoms with Crippen LogP contribution < -0.4 is 26.3 Å². The molecular weight excluding hydrogens is 412 g/mol. The monoisotopic (exact) mass is 440 g/mol. The molecule has 9 heteroatoms. The number of benzene rings is 1. The standard InChI is InChI=1S/C23H28N4O5/c1-16-15-32-18-7-4-6-17(21(18)22(16)29)31-13-5-8-26-9-11-27(12-10-26)19-14-20(28)25(3)23(30)24(19)2/h4,6-7,14-15H,5,8-13H2,1-3H3.